The molecule has 4 nitrogen and oxygen atoms in total. The van der Waals surface area contributed by atoms with Crippen LogP contribution >= 0.6 is 11.6 Å². The van der Waals surface area contributed by atoms with Crippen LogP contribution in [0.5, 0.6) is 0 Å². The Balaban J connectivity index is 1.57. The van der Waals surface area contributed by atoms with Gasteiger partial charge in [0.05, 0.1) is 12.1 Å². The number of pyridine rings is 1. The maximum atomic E-state index is 13.5. The monoisotopic (exact) mass is 434 g/mol. The zero-order valence-electron chi connectivity index (χ0n) is 17.5. The van der Waals surface area contributed by atoms with E-state index in [1.54, 1.807) is 16.8 Å². The molecule has 0 atom stereocenters. The average molecular weight is 435 g/mol. The zero-order chi connectivity index (χ0) is 21.6. The van der Waals surface area contributed by atoms with Gasteiger partial charge < -0.3 is 9.47 Å². The Bertz CT molecular complexity index is 1090. The molecule has 1 amide bonds. The molecule has 1 aliphatic rings. The number of hydrogen-bond donors (Lipinski definition) is 0. The Labute approximate surface area is 188 Å². The summed E-state index contributed by atoms with van der Waals surface area (Å²) in [5.74, 6) is -0.00394. The summed E-state index contributed by atoms with van der Waals surface area (Å²) in [6.45, 7) is 1.02. The first-order valence-corrected chi connectivity index (χ1v) is 11.3. The maximum absolute atomic E-state index is 13.5. The quantitative estimate of drug-likeness (QED) is 0.514. The summed E-state index contributed by atoms with van der Waals surface area (Å²) in [6, 6.07) is 21.1. The van der Waals surface area contributed by atoms with Gasteiger partial charge in [0.2, 0.25) is 0 Å². The van der Waals surface area contributed by atoms with E-state index >= 15 is 0 Å². The van der Waals surface area contributed by atoms with Crippen LogP contribution in [-0.4, -0.2) is 28.0 Å². The number of amides is 1. The van der Waals surface area contributed by atoms with E-state index in [1.165, 1.54) is 11.6 Å². The maximum Gasteiger partial charge on any atom is 0.255 e. The first kappa shape index (κ1) is 21.4. The van der Waals surface area contributed by atoms with Gasteiger partial charge in [0.25, 0.3) is 11.5 Å². The van der Waals surface area contributed by atoms with Crippen LogP contribution < -0.4 is 5.56 Å². The van der Waals surface area contributed by atoms with E-state index in [4.69, 9.17) is 11.6 Å². The minimum absolute atomic E-state index is 0.00394. The molecule has 0 unspecified atom stereocenters. The first-order chi connectivity index (χ1) is 15.1. The van der Waals surface area contributed by atoms with Crippen LogP contribution in [0.3, 0.4) is 0 Å². The van der Waals surface area contributed by atoms with Gasteiger partial charge in [0.1, 0.15) is 0 Å². The number of hydrogen-bond acceptors (Lipinski definition) is 2. The van der Waals surface area contributed by atoms with Gasteiger partial charge in [0, 0.05) is 29.9 Å². The lowest BCUT2D eigenvalue weighted by atomic mass is 10.1. The fraction of sp³-hybridized carbons (Fsp3) is 0.308. The predicted octanol–water partition coefficient (Wildman–Crippen LogP) is 5.18. The second-order valence-corrected chi connectivity index (χ2v) is 8.55. The molecule has 1 aliphatic carbocycles. The highest BCUT2D eigenvalue weighted by Crippen LogP contribution is 2.25. The second kappa shape index (κ2) is 9.97. The van der Waals surface area contributed by atoms with Gasteiger partial charge in [-0.05, 0) is 42.5 Å². The molecule has 3 aromatic rings. The van der Waals surface area contributed by atoms with Crippen molar-refractivity contribution in [2.45, 2.75) is 44.7 Å². The van der Waals surface area contributed by atoms with Crippen molar-refractivity contribution in [3.63, 3.8) is 0 Å². The van der Waals surface area contributed by atoms with Crippen molar-refractivity contribution in [2.24, 2.45) is 0 Å². The molecule has 160 valence electrons. The Morgan fingerprint density at radius 3 is 2.42 bits per heavy atom. The molecule has 1 fully saturated rings. The normalized spacial score (nSPS) is 14.0. The van der Waals surface area contributed by atoms with E-state index in [2.05, 4.69) is 12.1 Å². The first-order valence-electron chi connectivity index (χ1n) is 10.9. The van der Waals surface area contributed by atoms with E-state index in [-0.39, 0.29) is 17.5 Å². The minimum atomic E-state index is -0.145. The van der Waals surface area contributed by atoms with Crippen molar-refractivity contribution in [2.75, 3.05) is 6.54 Å². The summed E-state index contributed by atoms with van der Waals surface area (Å²) in [6.07, 6.45) is 6.90. The van der Waals surface area contributed by atoms with Crippen LogP contribution in [0.2, 0.25) is 5.02 Å². The van der Waals surface area contributed by atoms with Gasteiger partial charge >= 0.3 is 0 Å². The van der Waals surface area contributed by atoms with E-state index in [0.29, 0.717) is 23.7 Å². The molecular weight excluding hydrogens is 408 g/mol. The molecule has 2 aromatic carbocycles. The van der Waals surface area contributed by atoms with Crippen LogP contribution in [0, 0.1) is 0 Å². The largest absolute Gasteiger partial charge is 0.335 e. The predicted molar refractivity (Wildman–Crippen MR) is 125 cm³/mol. The third-order valence-electron chi connectivity index (χ3n) is 6.04. The Morgan fingerprint density at radius 1 is 0.968 bits per heavy atom. The van der Waals surface area contributed by atoms with Gasteiger partial charge in [-0.25, -0.2) is 0 Å². The molecule has 0 radical (unpaired) electrons. The highest BCUT2D eigenvalue weighted by molar-refractivity contribution is 6.31. The van der Waals surface area contributed by atoms with Gasteiger partial charge in [0.15, 0.2) is 0 Å². The highest BCUT2D eigenvalue weighted by Gasteiger charge is 2.27. The third-order valence-corrected chi connectivity index (χ3v) is 6.41. The molecule has 1 saturated carbocycles. The third kappa shape index (κ3) is 5.26. The van der Waals surface area contributed by atoms with Crippen molar-refractivity contribution in [3.05, 3.63) is 105 Å². The van der Waals surface area contributed by atoms with E-state index in [0.717, 1.165) is 37.7 Å². The summed E-state index contributed by atoms with van der Waals surface area (Å²) in [5, 5.41) is 0.613. The number of carbonyl (C=O) groups is 1. The lowest BCUT2D eigenvalue weighted by Gasteiger charge is -2.29. The molecule has 0 aliphatic heterocycles. The van der Waals surface area contributed by atoms with Crippen LogP contribution in [0.4, 0.5) is 0 Å². The number of benzene rings is 2. The molecule has 31 heavy (non-hydrogen) atoms. The molecule has 0 spiro atoms. The minimum Gasteiger partial charge on any atom is -0.335 e. The van der Waals surface area contributed by atoms with E-state index < -0.39 is 0 Å². The Kier molecular flexibility index (Phi) is 6.88. The summed E-state index contributed by atoms with van der Waals surface area (Å²) in [4.78, 5) is 28.0. The summed E-state index contributed by atoms with van der Waals surface area (Å²) in [7, 11) is 0. The van der Waals surface area contributed by atoms with E-state index in [1.807, 2.05) is 47.4 Å². The van der Waals surface area contributed by atoms with Crippen molar-refractivity contribution < 1.29 is 4.79 Å². The molecular formula is C26H27ClN2O2. The molecule has 0 N–H and O–H groups in total. The lowest BCUT2D eigenvalue weighted by Crippen LogP contribution is -2.40. The molecule has 1 aromatic heterocycles. The van der Waals surface area contributed by atoms with Gasteiger partial charge in [-0.15, -0.1) is 0 Å². The van der Waals surface area contributed by atoms with Crippen LogP contribution in [-0.2, 0) is 13.0 Å². The van der Waals surface area contributed by atoms with Crippen molar-refractivity contribution in [3.8, 4) is 0 Å². The molecule has 5 heteroatoms. The zero-order valence-corrected chi connectivity index (χ0v) is 18.3. The van der Waals surface area contributed by atoms with Crippen molar-refractivity contribution in [1.82, 2.24) is 9.47 Å². The summed E-state index contributed by atoms with van der Waals surface area (Å²) in [5.41, 5.74) is 2.48. The average Bonchev–Trinajstić information content (AvgIpc) is 3.32. The van der Waals surface area contributed by atoms with Gasteiger partial charge in [-0.1, -0.05) is 73.0 Å². The fourth-order valence-electron chi connectivity index (χ4n) is 4.32. The van der Waals surface area contributed by atoms with Crippen LogP contribution in [0.1, 0.15) is 47.2 Å². The van der Waals surface area contributed by atoms with Crippen LogP contribution in [0.15, 0.2) is 77.7 Å². The lowest BCUT2D eigenvalue weighted by molar-refractivity contribution is 0.0683. The van der Waals surface area contributed by atoms with Crippen molar-refractivity contribution in [1.29, 1.82) is 0 Å². The number of aromatic nitrogens is 1. The number of halogens is 1. The number of rotatable bonds is 7. The van der Waals surface area contributed by atoms with Crippen molar-refractivity contribution >= 4 is 17.5 Å². The Morgan fingerprint density at radius 2 is 1.68 bits per heavy atom. The highest BCUT2D eigenvalue weighted by atomic mass is 35.5. The summed E-state index contributed by atoms with van der Waals surface area (Å²) < 4.78 is 1.57. The number of carbonyl (C=O) groups excluding carboxylic acids is 1. The molecule has 0 saturated heterocycles. The Hall–Kier alpha value is -2.85. The SMILES string of the molecule is O=C(c1ccc(=O)n(Cc2ccccc2Cl)c1)N(CCc1ccccc1)C1CCCC1. The summed E-state index contributed by atoms with van der Waals surface area (Å²) >= 11 is 6.27. The van der Waals surface area contributed by atoms with Gasteiger partial charge in [-0.2, -0.15) is 0 Å². The number of nitrogens with zero attached hydrogens (tertiary/aromatic N) is 2. The molecule has 0 bridgehead atoms. The topological polar surface area (TPSA) is 42.3 Å². The molecule has 4 rings (SSSR count). The standard InChI is InChI=1S/C26H27ClN2O2/c27-24-13-7-4-10-21(24)18-28-19-22(14-15-25(28)30)26(31)29(23-11-5-6-12-23)17-16-20-8-2-1-3-9-20/h1-4,7-10,13-15,19,23H,5-6,11-12,16-18H2. The van der Waals surface area contributed by atoms with Gasteiger partial charge in [-0.3, -0.25) is 9.59 Å². The smallest absolute Gasteiger partial charge is 0.255 e. The van der Waals surface area contributed by atoms with E-state index in [9.17, 15) is 9.59 Å². The van der Waals surface area contributed by atoms with Crippen LogP contribution in [0.25, 0.3) is 0 Å². The second-order valence-electron chi connectivity index (χ2n) is 8.15. The fourth-order valence-corrected chi connectivity index (χ4v) is 4.51. The molecule has 1 heterocycles.